The van der Waals surface area contributed by atoms with Gasteiger partial charge in [-0.1, -0.05) is 0 Å². The van der Waals surface area contributed by atoms with Crippen LogP contribution >= 0.6 is 0 Å². The standard InChI is InChI=1S/C17H23N7O2/c1-11-7-15(20-12(2)19-11)16(25)18-9-13-8-14-10-23(17(26)22(3)4)5-6-24(14)21-13/h7-8H,5-6,9-10H2,1-4H3,(H,18,25). The lowest BCUT2D eigenvalue weighted by molar-refractivity contribution is 0.0944. The fraction of sp³-hybridized carbons (Fsp3) is 0.471. The van der Waals surface area contributed by atoms with Gasteiger partial charge in [0.15, 0.2) is 0 Å². The molecule has 0 saturated carbocycles. The molecule has 9 heteroatoms. The number of aromatic nitrogens is 4. The molecule has 0 saturated heterocycles. The lowest BCUT2D eigenvalue weighted by Gasteiger charge is -2.29. The Morgan fingerprint density at radius 2 is 1.96 bits per heavy atom. The molecule has 0 radical (unpaired) electrons. The average Bonchev–Trinajstić information content (AvgIpc) is 2.99. The van der Waals surface area contributed by atoms with Crippen LogP contribution in [0.3, 0.4) is 0 Å². The van der Waals surface area contributed by atoms with Crippen molar-refractivity contribution in [1.82, 2.24) is 34.9 Å². The summed E-state index contributed by atoms with van der Waals surface area (Å²) in [6, 6.07) is 3.57. The molecule has 2 aromatic rings. The smallest absolute Gasteiger partial charge is 0.319 e. The third-order valence-electron chi connectivity index (χ3n) is 4.13. The normalized spacial score (nSPS) is 13.3. The summed E-state index contributed by atoms with van der Waals surface area (Å²) in [6.45, 7) is 5.68. The number of amides is 3. The van der Waals surface area contributed by atoms with Gasteiger partial charge in [0.05, 0.1) is 31.0 Å². The van der Waals surface area contributed by atoms with Gasteiger partial charge in [0.25, 0.3) is 5.91 Å². The summed E-state index contributed by atoms with van der Waals surface area (Å²) >= 11 is 0. The number of aryl methyl sites for hydroxylation is 2. The summed E-state index contributed by atoms with van der Waals surface area (Å²) in [4.78, 5) is 36.1. The molecule has 26 heavy (non-hydrogen) atoms. The van der Waals surface area contributed by atoms with E-state index in [4.69, 9.17) is 0 Å². The maximum atomic E-state index is 12.3. The van der Waals surface area contributed by atoms with Crippen molar-refractivity contribution in [2.45, 2.75) is 33.5 Å². The largest absolute Gasteiger partial charge is 0.345 e. The molecule has 0 aliphatic carbocycles. The molecule has 0 fully saturated rings. The maximum absolute atomic E-state index is 12.3. The van der Waals surface area contributed by atoms with Gasteiger partial charge in [0.2, 0.25) is 0 Å². The zero-order chi connectivity index (χ0) is 18.8. The summed E-state index contributed by atoms with van der Waals surface area (Å²) in [5.74, 6) is 0.312. The van der Waals surface area contributed by atoms with E-state index in [1.807, 2.05) is 17.7 Å². The van der Waals surface area contributed by atoms with Crippen molar-refractivity contribution in [3.8, 4) is 0 Å². The molecule has 1 aliphatic rings. The molecule has 3 rings (SSSR count). The van der Waals surface area contributed by atoms with Gasteiger partial charge in [-0.25, -0.2) is 14.8 Å². The molecule has 1 N–H and O–H groups in total. The molecule has 0 unspecified atom stereocenters. The van der Waals surface area contributed by atoms with Crippen LogP contribution in [0.15, 0.2) is 12.1 Å². The van der Waals surface area contributed by atoms with Crippen LogP contribution in [-0.4, -0.2) is 62.1 Å². The summed E-state index contributed by atoms with van der Waals surface area (Å²) in [7, 11) is 3.48. The van der Waals surface area contributed by atoms with Crippen LogP contribution in [0.4, 0.5) is 4.79 Å². The van der Waals surface area contributed by atoms with Crippen LogP contribution in [0, 0.1) is 13.8 Å². The first-order valence-corrected chi connectivity index (χ1v) is 8.46. The zero-order valence-electron chi connectivity index (χ0n) is 15.5. The molecule has 9 nitrogen and oxygen atoms in total. The zero-order valence-corrected chi connectivity index (χ0v) is 15.5. The summed E-state index contributed by atoms with van der Waals surface area (Å²) in [5.41, 5.74) is 2.83. The summed E-state index contributed by atoms with van der Waals surface area (Å²) in [5, 5.41) is 7.34. The van der Waals surface area contributed by atoms with Crippen LogP contribution in [0.25, 0.3) is 0 Å². The second-order valence-corrected chi connectivity index (χ2v) is 6.57. The number of hydrogen-bond donors (Lipinski definition) is 1. The van der Waals surface area contributed by atoms with Crippen LogP contribution in [0.1, 0.15) is 33.4 Å². The van der Waals surface area contributed by atoms with Crippen molar-refractivity contribution in [3.05, 3.63) is 40.7 Å². The Balaban J connectivity index is 1.64. The van der Waals surface area contributed by atoms with E-state index in [-0.39, 0.29) is 11.9 Å². The Hall–Kier alpha value is -2.97. The van der Waals surface area contributed by atoms with E-state index in [1.54, 1.807) is 36.9 Å². The minimum Gasteiger partial charge on any atom is -0.345 e. The number of nitrogens with one attached hydrogen (secondary N) is 1. The van der Waals surface area contributed by atoms with Gasteiger partial charge in [-0.3, -0.25) is 9.48 Å². The van der Waals surface area contributed by atoms with E-state index in [2.05, 4.69) is 20.4 Å². The Kier molecular flexibility index (Phi) is 4.88. The number of rotatable bonds is 3. The third-order valence-corrected chi connectivity index (χ3v) is 4.13. The molecule has 0 spiro atoms. The van der Waals surface area contributed by atoms with Crippen LogP contribution < -0.4 is 5.32 Å². The maximum Gasteiger partial charge on any atom is 0.319 e. The summed E-state index contributed by atoms with van der Waals surface area (Å²) < 4.78 is 1.89. The van der Waals surface area contributed by atoms with Gasteiger partial charge >= 0.3 is 6.03 Å². The van der Waals surface area contributed by atoms with Gasteiger partial charge in [-0.05, 0) is 26.0 Å². The molecule has 0 bridgehead atoms. The predicted octanol–water partition coefficient (Wildman–Crippen LogP) is 0.717. The SMILES string of the molecule is Cc1cc(C(=O)NCc2cc3n(n2)CCN(C(=O)N(C)C)C3)nc(C)n1. The Morgan fingerprint density at radius 3 is 2.65 bits per heavy atom. The molecule has 0 atom stereocenters. The van der Waals surface area contributed by atoms with E-state index in [0.29, 0.717) is 37.7 Å². The molecular weight excluding hydrogens is 334 g/mol. The Bertz CT molecular complexity index is 823. The fourth-order valence-corrected chi connectivity index (χ4v) is 2.95. The first-order chi connectivity index (χ1) is 12.3. The van der Waals surface area contributed by atoms with Crippen molar-refractivity contribution in [3.63, 3.8) is 0 Å². The van der Waals surface area contributed by atoms with Gasteiger partial charge in [-0.15, -0.1) is 0 Å². The lowest BCUT2D eigenvalue weighted by atomic mass is 10.2. The molecule has 138 valence electrons. The molecule has 0 aromatic carbocycles. The molecule has 3 amide bonds. The summed E-state index contributed by atoms with van der Waals surface area (Å²) in [6.07, 6.45) is 0. The number of fused-ring (bicyclic) bond motifs is 1. The van der Waals surface area contributed by atoms with Crippen LogP contribution in [-0.2, 0) is 19.6 Å². The predicted molar refractivity (Wildman–Crippen MR) is 94.4 cm³/mol. The quantitative estimate of drug-likeness (QED) is 0.873. The second kappa shape index (κ2) is 7.11. The van der Waals surface area contributed by atoms with Crippen molar-refractivity contribution in [2.24, 2.45) is 0 Å². The lowest BCUT2D eigenvalue weighted by Crippen LogP contribution is -2.43. The van der Waals surface area contributed by atoms with E-state index in [9.17, 15) is 9.59 Å². The molecule has 2 aromatic heterocycles. The van der Waals surface area contributed by atoms with E-state index < -0.39 is 0 Å². The average molecular weight is 357 g/mol. The minimum absolute atomic E-state index is 0.0122. The van der Waals surface area contributed by atoms with Crippen molar-refractivity contribution in [2.75, 3.05) is 20.6 Å². The number of carbonyl (C=O) groups excluding carboxylic acids is 2. The van der Waals surface area contributed by atoms with Crippen molar-refractivity contribution >= 4 is 11.9 Å². The van der Waals surface area contributed by atoms with Gasteiger partial charge < -0.3 is 15.1 Å². The fourth-order valence-electron chi connectivity index (χ4n) is 2.95. The molecule has 1 aliphatic heterocycles. The topological polar surface area (TPSA) is 96.2 Å². The Morgan fingerprint density at radius 1 is 1.19 bits per heavy atom. The molecule has 3 heterocycles. The van der Waals surface area contributed by atoms with Crippen LogP contribution in [0.5, 0.6) is 0 Å². The van der Waals surface area contributed by atoms with Gasteiger partial charge in [-0.2, -0.15) is 5.10 Å². The minimum atomic E-state index is -0.256. The van der Waals surface area contributed by atoms with Crippen LogP contribution in [0.2, 0.25) is 0 Å². The number of hydrogen-bond acceptors (Lipinski definition) is 5. The number of nitrogens with zero attached hydrogens (tertiary/aromatic N) is 6. The van der Waals surface area contributed by atoms with E-state index in [0.717, 1.165) is 17.1 Å². The first-order valence-electron chi connectivity index (χ1n) is 8.46. The van der Waals surface area contributed by atoms with Gasteiger partial charge in [0.1, 0.15) is 11.5 Å². The monoisotopic (exact) mass is 357 g/mol. The highest BCUT2D eigenvalue weighted by molar-refractivity contribution is 5.92. The number of urea groups is 1. The Labute approximate surface area is 152 Å². The molecular formula is C17H23N7O2. The van der Waals surface area contributed by atoms with E-state index in [1.165, 1.54) is 0 Å². The number of carbonyl (C=O) groups is 2. The highest BCUT2D eigenvalue weighted by Crippen LogP contribution is 2.15. The van der Waals surface area contributed by atoms with Crippen molar-refractivity contribution in [1.29, 1.82) is 0 Å². The van der Waals surface area contributed by atoms with E-state index >= 15 is 0 Å². The highest BCUT2D eigenvalue weighted by atomic mass is 16.2. The third kappa shape index (κ3) is 3.81. The second-order valence-electron chi connectivity index (χ2n) is 6.57. The van der Waals surface area contributed by atoms with Gasteiger partial charge in [0, 0.05) is 26.3 Å². The highest BCUT2D eigenvalue weighted by Gasteiger charge is 2.23. The van der Waals surface area contributed by atoms with Crippen molar-refractivity contribution < 1.29 is 9.59 Å². The first kappa shape index (κ1) is 17.8.